The lowest BCUT2D eigenvalue weighted by Gasteiger charge is -2.41. The van der Waals surface area contributed by atoms with Gasteiger partial charge in [-0.3, -0.25) is 0 Å². The lowest BCUT2D eigenvalue weighted by Crippen LogP contribution is -3.00. The molecule has 1 unspecified atom stereocenters. The number of hydrogen-bond acceptors (Lipinski definition) is 5. The van der Waals surface area contributed by atoms with Gasteiger partial charge in [-0.05, 0) is 11.8 Å². The fourth-order valence-corrected chi connectivity index (χ4v) is 2.90. The molecule has 8 nitrogen and oxygen atoms in total. The topological polar surface area (TPSA) is 90.4 Å². The molecule has 1 aliphatic heterocycles. The van der Waals surface area contributed by atoms with Crippen molar-refractivity contribution in [3.63, 3.8) is 0 Å². The number of nitrogens with zero attached hydrogens (tertiary/aromatic N) is 4. The molecule has 0 aromatic carbocycles. The first-order chi connectivity index (χ1) is 9.97. The number of halogens is 1. The van der Waals surface area contributed by atoms with Gasteiger partial charge in [0.2, 0.25) is 0 Å². The molecule has 126 valence electrons. The van der Waals surface area contributed by atoms with Gasteiger partial charge < -0.3 is 36.8 Å². The van der Waals surface area contributed by atoms with E-state index in [-0.39, 0.29) is 24.8 Å². The van der Waals surface area contributed by atoms with Gasteiger partial charge in [-0.25, -0.2) is 9.55 Å². The van der Waals surface area contributed by atoms with Crippen molar-refractivity contribution in [2.24, 2.45) is 0 Å². The van der Waals surface area contributed by atoms with E-state index in [0.29, 0.717) is 25.6 Å². The highest BCUT2D eigenvalue weighted by molar-refractivity contribution is 5.18. The molecule has 2 rings (SSSR count). The molecule has 9 heteroatoms. The summed E-state index contributed by atoms with van der Waals surface area (Å²) in [6.07, 6.45) is 0.593. The summed E-state index contributed by atoms with van der Waals surface area (Å²) >= 11 is 0. The van der Waals surface area contributed by atoms with Crippen LogP contribution in [0.5, 0.6) is 0 Å². The molecule has 0 saturated carbocycles. The number of aliphatic hydroxyl groups is 1. The van der Waals surface area contributed by atoms with E-state index in [2.05, 4.69) is 11.9 Å². The number of aromatic nitrogens is 2. The molecule has 0 bridgehead atoms. The van der Waals surface area contributed by atoms with Gasteiger partial charge in [-0.15, -0.1) is 0 Å². The van der Waals surface area contributed by atoms with Crippen molar-refractivity contribution in [2.75, 3.05) is 39.4 Å². The molecular weight excluding hydrogens is 312 g/mol. The molecule has 1 aromatic rings. The Kier molecular flexibility index (Phi) is 6.73. The van der Waals surface area contributed by atoms with E-state index in [9.17, 15) is 15.2 Å². The van der Waals surface area contributed by atoms with Gasteiger partial charge in [0.1, 0.15) is 38.5 Å². The average molecular weight is 335 g/mol. The quantitative estimate of drug-likeness (QED) is 0.348. The number of quaternary nitrogens is 1. The largest absolute Gasteiger partial charge is 1.00 e. The van der Waals surface area contributed by atoms with Crippen LogP contribution in [-0.4, -0.2) is 69.6 Å². The Morgan fingerprint density at radius 3 is 2.73 bits per heavy atom. The lowest BCUT2D eigenvalue weighted by molar-refractivity contribution is -0.936. The highest BCUT2D eigenvalue weighted by Crippen LogP contribution is 2.17. The van der Waals surface area contributed by atoms with Crippen molar-refractivity contribution in [1.82, 2.24) is 9.55 Å². The zero-order valence-electron chi connectivity index (χ0n) is 12.9. The number of ether oxygens (including phenoxy) is 1. The van der Waals surface area contributed by atoms with E-state index in [1.54, 1.807) is 6.92 Å². The average Bonchev–Trinajstić information content (AvgIpc) is 2.81. The summed E-state index contributed by atoms with van der Waals surface area (Å²) < 4.78 is 7.65. The fraction of sp³-hybridized carbons (Fsp3) is 0.769. The molecule has 1 saturated heterocycles. The Morgan fingerprint density at radius 2 is 2.18 bits per heavy atom. The van der Waals surface area contributed by atoms with Gasteiger partial charge in [0, 0.05) is 6.92 Å². The Balaban J connectivity index is 0.00000242. The van der Waals surface area contributed by atoms with Crippen LogP contribution >= 0.6 is 0 Å². The van der Waals surface area contributed by atoms with E-state index < -0.39 is 11.0 Å². The number of aliphatic hydroxyl groups excluding tert-OH is 1. The number of likely N-dealkylation sites (N-methyl/N-ethyl adjacent to an activating group) is 1. The third-order valence-corrected chi connectivity index (χ3v) is 4.30. The maximum atomic E-state index is 11.0. The van der Waals surface area contributed by atoms with Crippen LogP contribution in [-0.2, 0) is 11.3 Å². The molecule has 1 aromatic heterocycles. The monoisotopic (exact) mass is 334 g/mol. The Bertz CT molecular complexity index is 502. The second kappa shape index (κ2) is 7.87. The summed E-state index contributed by atoms with van der Waals surface area (Å²) in [4.78, 5) is 14.5. The van der Waals surface area contributed by atoms with Crippen molar-refractivity contribution in [3.05, 3.63) is 22.1 Å². The highest BCUT2D eigenvalue weighted by Gasteiger charge is 2.33. The number of imidazole rings is 1. The normalized spacial score (nSPS) is 18.5. The molecule has 1 N–H and O–H groups in total. The van der Waals surface area contributed by atoms with E-state index >= 15 is 0 Å². The zero-order valence-corrected chi connectivity index (χ0v) is 13.7. The van der Waals surface area contributed by atoms with Crippen LogP contribution < -0.4 is 12.4 Å². The molecule has 2 heterocycles. The zero-order chi connectivity index (χ0) is 15.5. The second-order valence-corrected chi connectivity index (χ2v) is 5.59. The number of hydrogen-bond donors (Lipinski definition) is 1. The molecule has 22 heavy (non-hydrogen) atoms. The number of aryl methyl sites for hydroxylation is 1. The maximum absolute atomic E-state index is 11.0. The molecule has 0 aliphatic carbocycles. The van der Waals surface area contributed by atoms with Crippen LogP contribution in [0.2, 0.25) is 0 Å². The molecule has 1 aliphatic rings. The molecule has 1 atom stereocenters. The predicted molar refractivity (Wildman–Crippen MR) is 75.8 cm³/mol. The van der Waals surface area contributed by atoms with Crippen molar-refractivity contribution in [1.29, 1.82) is 0 Å². The van der Waals surface area contributed by atoms with Crippen LogP contribution in [0.25, 0.3) is 0 Å². The van der Waals surface area contributed by atoms with E-state index in [1.165, 1.54) is 10.8 Å². The minimum absolute atomic E-state index is 0. The third kappa shape index (κ3) is 4.16. The SMILES string of the molecule is CC[N+]1(CC(O)Cn2c([N+](=O)[O-])cnc2C)CCOCC1.[Cl-]. The summed E-state index contributed by atoms with van der Waals surface area (Å²) in [5.41, 5.74) is 0. The van der Waals surface area contributed by atoms with Gasteiger partial charge in [0.05, 0.1) is 19.8 Å². The van der Waals surface area contributed by atoms with Gasteiger partial charge >= 0.3 is 5.82 Å². The smallest absolute Gasteiger partial charge is 0.342 e. The standard InChI is InChI=1S/C13H23N4O4.ClH/c1-3-17(4-6-21-7-5-17)10-12(18)9-15-11(2)14-8-13(15)16(19)20;/h8,12,18H,3-7,9-10H2,1-2H3;1H/q+1;/p-1. The molecule has 0 radical (unpaired) electrons. The Hall–Kier alpha value is -1.22. The summed E-state index contributed by atoms with van der Waals surface area (Å²) in [6.45, 7) is 8.65. The van der Waals surface area contributed by atoms with E-state index in [1.807, 2.05) is 0 Å². The lowest BCUT2D eigenvalue weighted by atomic mass is 10.2. The van der Waals surface area contributed by atoms with E-state index in [4.69, 9.17) is 4.74 Å². The van der Waals surface area contributed by atoms with Gasteiger partial charge in [0.25, 0.3) is 0 Å². The Labute approximate surface area is 135 Å². The van der Waals surface area contributed by atoms with E-state index in [0.717, 1.165) is 24.1 Å². The van der Waals surface area contributed by atoms with Crippen molar-refractivity contribution in [2.45, 2.75) is 26.5 Å². The minimum atomic E-state index is -0.644. The van der Waals surface area contributed by atoms with Crippen molar-refractivity contribution >= 4 is 5.82 Å². The Morgan fingerprint density at radius 1 is 1.55 bits per heavy atom. The summed E-state index contributed by atoms with van der Waals surface area (Å²) in [6, 6.07) is 0. The predicted octanol–water partition coefficient (Wildman–Crippen LogP) is -2.67. The van der Waals surface area contributed by atoms with Crippen LogP contribution in [0.15, 0.2) is 6.20 Å². The van der Waals surface area contributed by atoms with Crippen LogP contribution in [0.3, 0.4) is 0 Å². The second-order valence-electron chi connectivity index (χ2n) is 5.59. The molecule has 0 amide bonds. The number of rotatable bonds is 6. The van der Waals surface area contributed by atoms with Crippen LogP contribution in [0.4, 0.5) is 5.82 Å². The third-order valence-electron chi connectivity index (χ3n) is 4.30. The summed E-state index contributed by atoms with van der Waals surface area (Å²) in [5.74, 6) is 0.474. The number of nitro groups is 1. The molecule has 0 spiro atoms. The fourth-order valence-electron chi connectivity index (χ4n) is 2.90. The maximum Gasteiger partial charge on any atom is 0.342 e. The van der Waals surface area contributed by atoms with Crippen LogP contribution in [0.1, 0.15) is 12.7 Å². The van der Waals surface area contributed by atoms with Gasteiger partial charge in [-0.2, -0.15) is 0 Å². The first-order valence-corrected chi connectivity index (χ1v) is 7.25. The van der Waals surface area contributed by atoms with Crippen LogP contribution in [0, 0.1) is 17.0 Å². The van der Waals surface area contributed by atoms with Gasteiger partial charge in [-0.1, -0.05) is 0 Å². The van der Waals surface area contributed by atoms with Gasteiger partial charge in [0.15, 0.2) is 5.82 Å². The first-order valence-electron chi connectivity index (χ1n) is 7.25. The summed E-state index contributed by atoms with van der Waals surface area (Å²) in [7, 11) is 0. The highest BCUT2D eigenvalue weighted by atomic mass is 35.5. The first kappa shape index (κ1) is 18.8. The van der Waals surface area contributed by atoms with Crippen molar-refractivity contribution < 1.29 is 31.7 Å². The molecule has 1 fully saturated rings. The molecular formula is C13H23ClN4O4. The van der Waals surface area contributed by atoms with Crippen molar-refractivity contribution in [3.8, 4) is 0 Å². The minimum Gasteiger partial charge on any atom is -1.00 e. The number of morpholine rings is 1. The summed E-state index contributed by atoms with van der Waals surface area (Å²) in [5, 5.41) is 21.3.